The number of anilines is 1. The van der Waals surface area contributed by atoms with E-state index in [9.17, 15) is 24.5 Å². The van der Waals surface area contributed by atoms with Crippen LogP contribution < -0.4 is 10.6 Å². The van der Waals surface area contributed by atoms with Crippen molar-refractivity contribution in [1.82, 2.24) is 5.32 Å². The van der Waals surface area contributed by atoms with E-state index in [1.807, 2.05) is 0 Å². The minimum Gasteiger partial charge on any atom is -0.451 e. The Kier molecular flexibility index (Phi) is 6.59. The molecule has 27 heavy (non-hydrogen) atoms. The van der Waals surface area contributed by atoms with Crippen molar-refractivity contribution >= 4 is 29.2 Å². The highest BCUT2D eigenvalue weighted by atomic mass is 16.6. The molecule has 0 saturated heterocycles. The highest BCUT2D eigenvalue weighted by Gasteiger charge is 2.19. The number of ether oxygens (including phenoxy) is 1. The average molecular weight is 371 g/mol. The zero-order valence-electron chi connectivity index (χ0n) is 14.4. The van der Waals surface area contributed by atoms with Gasteiger partial charge in [0, 0.05) is 23.4 Å². The van der Waals surface area contributed by atoms with Gasteiger partial charge in [-0.1, -0.05) is 24.3 Å². The summed E-state index contributed by atoms with van der Waals surface area (Å²) in [5.74, 6) is -1.89. The number of benzene rings is 2. The number of nitro groups is 1. The van der Waals surface area contributed by atoms with Crippen LogP contribution in [0.15, 0.2) is 54.6 Å². The number of nitrogens with zero attached hydrogens (tertiary/aromatic N) is 1. The average Bonchev–Trinajstić information content (AvgIpc) is 2.66. The first-order chi connectivity index (χ1) is 12.9. The lowest BCUT2D eigenvalue weighted by molar-refractivity contribution is -0.384. The fraction of sp³-hybridized carbons (Fsp3) is 0.167. The molecule has 0 spiro atoms. The van der Waals surface area contributed by atoms with Gasteiger partial charge in [0.15, 0.2) is 6.10 Å². The molecule has 2 aromatic rings. The molecule has 2 rings (SSSR count). The van der Waals surface area contributed by atoms with Crippen molar-refractivity contribution in [2.75, 3.05) is 11.9 Å². The lowest BCUT2D eigenvalue weighted by atomic mass is 10.2. The van der Waals surface area contributed by atoms with E-state index in [1.54, 1.807) is 30.3 Å². The van der Waals surface area contributed by atoms with Crippen LogP contribution in [0, 0.1) is 10.1 Å². The molecule has 0 aliphatic rings. The SMILES string of the molecule is C[C@H](OC(=O)CNC(=O)c1ccccc1)C(=O)Nc1cccc([N+](=O)[O-])c1. The fourth-order valence-electron chi connectivity index (χ4n) is 2.08. The summed E-state index contributed by atoms with van der Waals surface area (Å²) in [6, 6.07) is 13.7. The lowest BCUT2D eigenvalue weighted by Crippen LogP contribution is -2.35. The maximum Gasteiger partial charge on any atom is 0.326 e. The van der Waals surface area contributed by atoms with E-state index in [0.717, 1.165) is 0 Å². The highest BCUT2D eigenvalue weighted by molar-refractivity contribution is 5.97. The summed E-state index contributed by atoms with van der Waals surface area (Å²) >= 11 is 0. The van der Waals surface area contributed by atoms with Crippen molar-refractivity contribution in [3.05, 3.63) is 70.3 Å². The number of nitro benzene ring substituents is 1. The summed E-state index contributed by atoms with van der Waals surface area (Å²) in [5, 5.41) is 15.6. The van der Waals surface area contributed by atoms with Gasteiger partial charge in [0.1, 0.15) is 6.54 Å². The quantitative estimate of drug-likeness (QED) is 0.435. The van der Waals surface area contributed by atoms with Gasteiger partial charge in [0.05, 0.1) is 4.92 Å². The topological polar surface area (TPSA) is 128 Å². The number of non-ortho nitro benzene ring substituents is 1. The van der Waals surface area contributed by atoms with E-state index in [0.29, 0.717) is 5.56 Å². The zero-order chi connectivity index (χ0) is 19.8. The number of hydrogen-bond donors (Lipinski definition) is 2. The van der Waals surface area contributed by atoms with Crippen LogP contribution >= 0.6 is 0 Å². The van der Waals surface area contributed by atoms with Crippen molar-refractivity contribution in [3.8, 4) is 0 Å². The Morgan fingerprint density at radius 2 is 1.81 bits per heavy atom. The second kappa shape index (κ2) is 9.09. The molecular weight excluding hydrogens is 354 g/mol. The standard InChI is InChI=1S/C18H17N3O6/c1-12(17(23)20-14-8-5-9-15(10-14)21(25)26)27-16(22)11-19-18(24)13-6-3-2-4-7-13/h2-10,12H,11H2,1H3,(H,19,24)(H,20,23)/t12-/m0/s1. The van der Waals surface area contributed by atoms with Gasteiger partial charge >= 0.3 is 5.97 Å². The Morgan fingerprint density at radius 3 is 2.48 bits per heavy atom. The Labute approximate surface area is 154 Å². The fourth-order valence-corrected chi connectivity index (χ4v) is 2.08. The maximum atomic E-state index is 12.0. The van der Waals surface area contributed by atoms with Crippen LogP contribution in [-0.4, -0.2) is 35.4 Å². The van der Waals surface area contributed by atoms with Crippen molar-refractivity contribution in [2.45, 2.75) is 13.0 Å². The lowest BCUT2D eigenvalue weighted by Gasteiger charge is -2.14. The first kappa shape index (κ1) is 19.6. The summed E-state index contributed by atoms with van der Waals surface area (Å²) in [4.78, 5) is 45.8. The smallest absolute Gasteiger partial charge is 0.326 e. The molecule has 0 aromatic heterocycles. The van der Waals surface area contributed by atoms with Crippen LogP contribution in [0.2, 0.25) is 0 Å². The Hall–Kier alpha value is -3.75. The van der Waals surface area contributed by atoms with Crippen LogP contribution in [0.4, 0.5) is 11.4 Å². The third-order valence-corrected chi connectivity index (χ3v) is 3.43. The van der Waals surface area contributed by atoms with E-state index in [1.165, 1.54) is 31.2 Å². The number of hydrogen-bond acceptors (Lipinski definition) is 6. The van der Waals surface area contributed by atoms with Crippen molar-refractivity contribution in [2.24, 2.45) is 0 Å². The molecule has 9 heteroatoms. The summed E-state index contributed by atoms with van der Waals surface area (Å²) in [6.07, 6.45) is -1.15. The van der Waals surface area contributed by atoms with Crippen LogP contribution in [0.3, 0.4) is 0 Å². The molecule has 9 nitrogen and oxygen atoms in total. The number of carbonyl (C=O) groups excluding carboxylic acids is 3. The molecule has 0 heterocycles. The van der Waals surface area contributed by atoms with E-state index < -0.39 is 35.4 Å². The van der Waals surface area contributed by atoms with Gasteiger partial charge in [-0.25, -0.2) is 0 Å². The molecule has 2 N–H and O–H groups in total. The first-order valence-corrected chi connectivity index (χ1v) is 7.95. The maximum absolute atomic E-state index is 12.0. The zero-order valence-corrected chi connectivity index (χ0v) is 14.4. The first-order valence-electron chi connectivity index (χ1n) is 7.95. The molecule has 0 unspecified atom stereocenters. The molecule has 0 fully saturated rings. The molecule has 0 bridgehead atoms. The summed E-state index contributed by atoms with van der Waals surface area (Å²) in [7, 11) is 0. The largest absolute Gasteiger partial charge is 0.451 e. The summed E-state index contributed by atoms with van der Waals surface area (Å²) in [6.45, 7) is 0.950. The predicted molar refractivity (Wildman–Crippen MR) is 96.1 cm³/mol. The third kappa shape index (κ3) is 5.92. The van der Waals surface area contributed by atoms with Crippen LogP contribution in [0.1, 0.15) is 17.3 Å². The molecule has 0 aliphatic carbocycles. The van der Waals surface area contributed by atoms with Crippen LogP contribution in [0.25, 0.3) is 0 Å². The minimum absolute atomic E-state index is 0.180. The molecule has 140 valence electrons. The van der Waals surface area contributed by atoms with E-state index >= 15 is 0 Å². The molecule has 0 aliphatic heterocycles. The molecule has 2 aromatic carbocycles. The highest BCUT2D eigenvalue weighted by Crippen LogP contribution is 2.17. The van der Waals surface area contributed by atoms with Crippen LogP contribution in [0.5, 0.6) is 0 Å². The summed E-state index contributed by atoms with van der Waals surface area (Å²) < 4.78 is 4.95. The molecular formula is C18H17N3O6. The second-order valence-corrected chi connectivity index (χ2v) is 5.48. The molecule has 1 atom stereocenters. The monoisotopic (exact) mass is 371 g/mol. The van der Waals surface area contributed by atoms with Gasteiger partial charge in [0.25, 0.3) is 17.5 Å². The van der Waals surface area contributed by atoms with Gasteiger partial charge in [-0.05, 0) is 25.1 Å². The third-order valence-electron chi connectivity index (χ3n) is 3.43. The van der Waals surface area contributed by atoms with Crippen molar-refractivity contribution < 1.29 is 24.0 Å². The Bertz CT molecular complexity index is 853. The summed E-state index contributed by atoms with van der Waals surface area (Å²) in [5.41, 5.74) is 0.414. The van der Waals surface area contributed by atoms with Gasteiger partial charge in [-0.15, -0.1) is 0 Å². The predicted octanol–water partition coefficient (Wildman–Crippen LogP) is 1.89. The van der Waals surface area contributed by atoms with Gasteiger partial charge in [-0.3, -0.25) is 24.5 Å². The van der Waals surface area contributed by atoms with Crippen molar-refractivity contribution in [1.29, 1.82) is 0 Å². The second-order valence-electron chi connectivity index (χ2n) is 5.48. The molecule has 0 radical (unpaired) electrons. The number of rotatable bonds is 7. The Balaban J connectivity index is 1.83. The minimum atomic E-state index is -1.15. The number of amides is 2. The number of esters is 1. The van der Waals surface area contributed by atoms with E-state index in [-0.39, 0.29) is 11.4 Å². The van der Waals surface area contributed by atoms with Gasteiger partial charge in [-0.2, -0.15) is 0 Å². The van der Waals surface area contributed by atoms with Gasteiger partial charge < -0.3 is 15.4 Å². The molecule has 0 saturated carbocycles. The normalized spacial score (nSPS) is 11.1. The Morgan fingerprint density at radius 1 is 1.11 bits per heavy atom. The van der Waals surface area contributed by atoms with Crippen LogP contribution in [-0.2, 0) is 14.3 Å². The number of nitrogens with one attached hydrogen (secondary N) is 2. The van der Waals surface area contributed by atoms with E-state index in [2.05, 4.69) is 10.6 Å². The van der Waals surface area contributed by atoms with Crippen molar-refractivity contribution in [3.63, 3.8) is 0 Å². The number of carbonyl (C=O) groups is 3. The van der Waals surface area contributed by atoms with E-state index in [4.69, 9.17) is 4.74 Å². The molecule has 2 amide bonds. The van der Waals surface area contributed by atoms with Gasteiger partial charge in [0.2, 0.25) is 0 Å².